The van der Waals surface area contributed by atoms with Gasteiger partial charge in [0.15, 0.2) is 0 Å². The van der Waals surface area contributed by atoms with Crippen molar-refractivity contribution in [1.82, 2.24) is 10.2 Å². The topological polar surface area (TPSA) is 64.7 Å². The average Bonchev–Trinajstić information content (AvgIpc) is 2.74. The third-order valence-electron chi connectivity index (χ3n) is 5.35. The van der Waals surface area contributed by atoms with Crippen molar-refractivity contribution in [3.05, 3.63) is 59.4 Å². The van der Waals surface area contributed by atoms with Gasteiger partial charge < -0.3 is 15.5 Å². The highest BCUT2D eigenvalue weighted by atomic mass is 19.1. The molecular weight excluding hydrogens is 383 g/mol. The summed E-state index contributed by atoms with van der Waals surface area (Å²) in [4.78, 5) is 28.5. The molecule has 0 spiro atoms. The number of hydrogen-bond acceptors (Lipinski definition) is 4. The summed E-state index contributed by atoms with van der Waals surface area (Å²) in [5.41, 5.74) is 3.24. The van der Waals surface area contributed by atoms with E-state index >= 15 is 0 Å². The molecule has 2 aromatic rings. The number of halogens is 1. The number of para-hydroxylation sites is 1. The van der Waals surface area contributed by atoms with Crippen LogP contribution < -0.4 is 15.5 Å². The molecule has 2 N–H and O–H groups in total. The van der Waals surface area contributed by atoms with E-state index in [9.17, 15) is 14.0 Å². The first-order valence-electron chi connectivity index (χ1n) is 10.3. The molecule has 1 aliphatic heterocycles. The van der Waals surface area contributed by atoms with Crippen LogP contribution in [0.5, 0.6) is 0 Å². The minimum Gasteiger partial charge on any atom is -0.367 e. The molecular formula is C23H29FN4O2. The number of anilines is 2. The van der Waals surface area contributed by atoms with Gasteiger partial charge in [0.2, 0.25) is 0 Å². The zero-order valence-corrected chi connectivity index (χ0v) is 17.6. The first-order chi connectivity index (χ1) is 14.4. The number of rotatable bonds is 6. The largest absolute Gasteiger partial charge is 0.367 e. The molecule has 0 bridgehead atoms. The minimum atomic E-state index is -0.651. The summed E-state index contributed by atoms with van der Waals surface area (Å²) in [6, 6.07) is 12.6. The predicted molar refractivity (Wildman–Crippen MR) is 117 cm³/mol. The van der Waals surface area contributed by atoms with Crippen LogP contribution in [0.15, 0.2) is 42.5 Å². The molecule has 1 fully saturated rings. The summed E-state index contributed by atoms with van der Waals surface area (Å²) < 4.78 is 13.9. The van der Waals surface area contributed by atoms with Gasteiger partial charge in [0, 0.05) is 38.4 Å². The van der Waals surface area contributed by atoms with Gasteiger partial charge >= 0.3 is 11.8 Å². The Kier molecular flexibility index (Phi) is 7.41. The Balaban J connectivity index is 1.35. The summed E-state index contributed by atoms with van der Waals surface area (Å²) in [6.07, 6.45) is 0.752. The lowest BCUT2D eigenvalue weighted by molar-refractivity contribution is -0.136. The Morgan fingerprint density at radius 3 is 2.47 bits per heavy atom. The van der Waals surface area contributed by atoms with Crippen LogP contribution in [0, 0.1) is 19.7 Å². The summed E-state index contributed by atoms with van der Waals surface area (Å²) in [5.74, 6) is -1.46. The predicted octanol–water partition coefficient (Wildman–Crippen LogP) is 2.71. The Hall–Kier alpha value is -2.93. The summed E-state index contributed by atoms with van der Waals surface area (Å²) in [7, 11) is 0. The summed E-state index contributed by atoms with van der Waals surface area (Å²) >= 11 is 0. The molecule has 6 nitrogen and oxygen atoms in total. The second-order valence-corrected chi connectivity index (χ2v) is 7.66. The van der Waals surface area contributed by atoms with Gasteiger partial charge in [-0.3, -0.25) is 14.5 Å². The zero-order valence-electron chi connectivity index (χ0n) is 17.6. The number of carbonyl (C=O) groups excluding carboxylic acids is 2. The smallest absolute Gasteiger partial charge is 0.313 e. The third kappa shape index (κ3) is 5.79. The van der Waals surface area contributed by atoms with Crippen LogP contribution in [0.3, 0.4) is 0 Å². The molecule has 0 atom stereocenters. The Labute approximate surface area is 177 Å². The molecule has 1 heterocycles. The maximum atomic E-state index is 13.9. The zero-order chi connectivity index (χ0) is 21.5. The van der Waals surface area contributed by atoms with Crippen molar-refractivity contribution < 1.29 is 14.0 Å². The lowest BCUT2D eigenvalue weighted by Crippen LogP contribution is -2.47. The van der Waals surface area contributed by atoms with E-state index in [1.807, 2.05) is 44.2 Å². The van der Waals surface area contributed by atoms with Gasteiger partial charge in [0.1, 0.15) is 5.82 Å². The number of aryl methyl sites for hydroxylation is 2. The highest BCUT2D eigenvalue weighted by Crippen LogP contribution is 2.20. The van der Waals surface area contributed by atoms with Gasteiger partial charge in [-0.05, 0) is 56.1 Å². The van der Waals surface area contributed by atoms with E-state index in [-0.39, 0.29) is 5.82 Å². The fourth-order valence-corrected chi connectivity index (χ4v) is 3.56. The number of carbonyl (C=O) groups is 2. The van der Waals surface area contributed by atoms with E-state index in [1.54, 1.807) is 6.07 Å². The van der Waals surface area contributed by atoms with Gasteiger partial charge in [-0.15, -0.1) is 0 Å². The standard InChI is InChI=1S/C23H29FN4O2/c1-17-8-9-18(2)20(16-17)26-23(30)22(29)25-10-5-11-27-12-14-28(15-13-27)21-7-4-3-6-19(21)24/h3-4,6-9,16H,5,10-15H2,1-2H3,(H,25,29)(H,26,30). The van der Waals surface area contributed by atoms with E-state index in [4.69, 9.17) is 0 Å². The van der Waals surface area contributed by atoms with Gasteiger partial charge in [-0.2, -0.15) is 0 Å². The molecule has 2 amide bonds. The van der Waals surface area contributed by atoms with Gasteiger partial charge in [-0.25, -0.2) is 4.39 Å². The van der Waals surface area contributed by atoms with Crippen molar-refractivity contribution in [3.63, 3.8) is 0 Å². The highest BCUT2D eigenvalue weighted by molar-refractivity contribution is 6.39. The Bertz CT molecular complexity index is 895. The van der Waals surface area contributed by atoms with E-state index in [1.165, 1.54) is 6.07 Å². The Morgan fingerprint density at radius 2 is 1.73 bits per heavy atom. The normalized spacial score (nSPS) is 14.4. The monoisotopic (exact) mass is 412 g/mol. The van der Waals surface area contributed by atoms with Gasteiger partial charge in [-0.1, -0.05) is 24.3 Å². The van der Waals surface area contributed by atoms with Crippen molar-refractivity contribution in [2.24, 2.45) is 0 Å². The lowest BCUT2D eigenvalue weighted by Gasteiger charge is -2.36. The van der Waals surface area contributed by atoms with Gasteiger partial charge in [0.05, 0.1) is 5.69 Å². The molecule has 7 heteroatoms. The summed E-state index contributed by atoms with van der Waals surface area (Å²) in [6.45, 7) is 8.31. The maximum Gasteiger partial charge on any atom is 0.313 e. The maximum absolute atomic E-state index is 13.9. The molecule has 160 valence electrons. The van der Waals surface area contributed by atoms with Crippen LogP contribution in [0.1, 0.15) is 17.5 Å². The number of piperazine rings is 1. The first-order valence-corrected chi connectivity index (χ1v) is 10.3. The lowest BCUT2D eigenvalue weighted by atomic mass is 10.1. The minimum absolute atomic E-state index is 0.187. The molecule has 0 radical (unpaired) electrons. The van der Waals surface area contributed by atoms with Crippen LogP contribution in [-0.2, 0) is 9.59 Å². The number of amides is 2. The molecule has 0 saturated carbocycles. The quantitative estimate of drug-likeness (QED) is 0.566. The van der Waals surface area contributed by atoms with Gasteiger partial charge in [0.25, 0.3) is 0 Å². The van der Waals surface area contributed by atoms with Crippen molar-refractivity contribution in [3.8, 4) is 0 Å². The number of nitrogens with zero attached hydrogens (tertiary/aromatic N) is 2. The number of benzene rings is 2. The fourth-order valence-electron chi connectivity index (χ4n) is 3.56. The first kappa shape index (κ1) is 21.8. The molecule has 30 heavy (non-hydrogen) atoms. The molecule has 1 saturated heterocycles. The molecule has 0 unspecified atom stereocenters. The third-order valence-corrected chi connectivity index (χ3v) is 5.35. The van der Waals surface area contributed by atoms with Crippen molar-refractivity contribution >= 4 is 23.2 Å². The molecule has 3 rings (SSSR count). The number of nitrogens with one attached hydrogen (secondary N) is 2. The second kappa shape index (κ2) is 10.2. The average molecular weight is 413 g/mol. The van der Waals surface area contributed by atoms with E-state index in [0.717, 1.165) is 50.3 Å². The van der Waals surface area contributed by atoms with Crippen molar-refractivity contribution in [1.29, 1.82) is 0 Å². The number of hydrogen-bond donors (Lipinski definition) is 2. The van der Waals surface area contributed by atoms with Crippen LogP contribution in [0.4, 0.5) is 15.8 Å². The van der Waals surface area contributed by atoms with E-state index < -0.39 is 11.8 Å². The Morgan fingerprint density at radius 1 is 1.00 bits per heavy atom. The highest BCUT2D eigenvalue weighted by Gasteiger charge is 2.19. The summed E-state index contributed by atoms with van der Waals surface area (Å²) in [5, 5.41) is 5.35. The van der Waals surface area contributed by atoms with E-state index in [0.29, 0.717) is 17.9 Å². The molecule has 0 aliphatic carbocycles. The van der Waals surface area contributed by atoms with E-state index in [2.05, 4.69) is 20.4 Å². The van der Waals surface area contributed by atoms with Crippen LogP contribution in [0.25, 0.3) is 0 Å². The van der Waals surface area contributed by atoms with Crippen LogP contribution in [0.2, 0.25) is 0 Å². The molecule has 1 aliphatic rings. The second-order valence-electron chi connectivity index (χ2n) is 7.66. The molecule has 0 aromatic heterocycles. The van der Waals surface area contributed by atoms with Crippen LogP contribution in [-0.4, -0.2) is 56.0 Å². The van der Waals surface area contributed by atoms with Crippen LogP contribution >= 0.6 is 0 Å². The fraction of sp³-hybridized carbons (Fsp3) is 0.391. The van der Waals surface area contributed by atoms with Crippen molar-refractivity contribution in [2.45, 2.75) is 20.3 Å². The molecule has 2 aromatic carbocycles. The van der Waals surface area contributed by atoms with Crippen molar-refractivity contribution in [2.75, 3.05) is 49.5 Å². The SMILES string of the molecule is Cc1ccc(C)c(NC(=O)C(=O)NCCCN2CCN(c3ccccc3F)CC2)c1.